The molecule has 0 radical (unpaired) electrons. The standard InChI is InChI=1S/C16H22N2O/c19-16(13-3-1-2-4-13)18-15-7-5-12(6-8-15)11-17-14-9-10-14/h5-8,13-14,17H,1-4,9-11H2,(H,18,19). The lowest BCUT2D eigenvalue weighted by atomic mass is 10.1. The molecule has 3 heteroatoms. The Morgan fingerprint density at radius 1 is 1.05 bits per heavy atom. The number of carbonyl (C=O) groups is 1. The molecule has 0 spiro atoms. The molecule has 0 atom stereocenters. The fourth-order valence-electron chi connectivity index (χ4n) is 2.69. The van der Waals surface area contributed by atoms with Crippen molar-refractivity contribution in [1.82, 2.24) is 5.32 Å². The molecule has 0 saturated heterocycles. The zero-order valence-electron chi connectivity index (χ0n) is 11.3. The van der Waals surface area contributed by atoms with Crippen LogP contribution in [0.1, 0.15) is 44.1 Å². The summed E-state index contributed by atoms with van der Waals surface area (Å²) in [6.45, 7) is 0.932. The van der Waals surface area contributed by atoms with E-state index in [0.717, 1.165) is 31.1 Å². The topological polar surface area (TPSA) is 41.1 Å². The summed E-state index contributed by atoms with van der Waals surface area (Å²) >= 11 is 0. The van der Waals surface area contributed by atoms with E-state index in [0.29, 0.717) is 0 Å². The molecule has 0 heterocycles. The van der Waals surface area contributed by atoms with Crippen LogP contribution in [0.25, 0.3) is 0 Å². The number of benzene rings is 1. The van der Waals surface area contributed by atoms with Crippen molar-refractivity contribution in [2.45, 2.75) is 51.1 Å². The molecular weight excluding hydrogens is 236 g/mol. The minimum Gasteiger partial charge on any atom is -0.326 e. The van der Waals surface area contributed by atoms with Gasteiger partial charge in [-0.2, -0.15) is 0 Å². The van der Waals surface area contributed by atoms with E-state index in [1.54, 1.807) is 0 Å². The summed E-state index contributed by atoms with van der Waals surface area (Å²) < 4.78 is 0. The lowest BCUT2D eigenvalue weighted by molar-refractivity contribution is -0.119. The van der Waals surface area contributed by atoms with Gasteiger partial charge in [0.05, 0.1) is 0 Å². The first-order valence-electron chi connectivity index (χ1n) is 7.44. The Morgan fingerprint density at radius 2 is 1.74 bits per heavy atom. The highest BCUT2D eigenvalue weighted by Gasteiger charge is 2.22. The van der Waals surface area contributed by atoms with Crippen molar-refractivity contribution < 1.29 is 4.79 Å². The van der Waals surface area contributed by atoms with E-state index in [4.69, 9.17) is 0 Å². The SMILES string of the molecule is O=C(Nc1ccc(CNC2CC2)cc1)C1CCCC1. The molecule has 3 rings (SSSR count). The molecule has 0 aromatic heterocycles. The Labute approximate surface area is 114 Å². The third kappa shape index (κ3) is 3.57. The van der Waals surface area contributed by atoms with E-state index in [1.807, 2.05) is 12.1 Å². The summed E-state index contributed by atoms with van der Waals surface area (Å²) in [5, 5.41) is 6.52. The van der Waals surface area contributed by atoms with E-state index >= 15 is 0 Å². The van der Waals surface area contributed by atoms with Crippen molar-refractivity contribution in [2.75, 3.05) is 5.32 Å². The number of anilines is 1. The normalized spacial score (nSPS) is 19.6. The highest BCUT2D eigenvalue weighted by Crippen LogP contribution is 2.26. The number of hydrogen-bond donors (Lipinski definition) is 2. The van der Waals surface area contributed by atoms with Gasteiger partial charge in [-0.3, -0.25) is 4.79 Å². The van der Waals surface area contributed by atoms with Crippen LogP contribution in [0.5, 0.6) is 0 Å². The maximum atomic E-state index is 12.0. The van der Waals surface area contributed by atoms with E-state index in [2.05, 4.69) is 22.8 Å². The van der Waals surface area contributed by atoms with E-state index in [1.165, 1.54) is 31.2 Å². The average Bonchev–Trinajstić information content (AvgIpc) is 3.09. The van der Waals surface area contributed by atoms with Gasteiger partial charge in [0.15, 0.2) is 0 Å². The maximum Gasteiger partial charge on any atom is 0.227 e. The van der Waals surface area contributed by atoms with Crippen molar-refractivity contribution in [3.63, 3.8) is 0 Å². The Hall–Kier alpha value is -1.35. The lowest BCUT2D eigenvalue weighted by Crippen LogP contribution is -2.20. The molecule has 2 aliphatic rings. The molecule has 1 aromatic rings. The number of amides is 1. The molecule has 1 aromatic carbocycles. The fourth-order valence-corrected chi connectivity index (χ4v) is 2.69. The number of hydrogen-bond acceptors (Lipinski definition) is 2. The molecule has 2 fully saturated rings. The lowest BCUT2D eigenvalue weighted by Gasteiger charge is -2.11. The first-order valence-corrected chi connectivity index (χ1v) is 7.44. The minimum atomic E-state index is 0.196. The predicted octanol–water partition coefficient (Wildman–Crippen LogP) is 3.07. The quantitative estimate of drug-likeness (QED) is 0.852. The van der Waals surface area contributed by atoms with Crippen LogP contribution in [-0.4, -0.2) is 11.9 Å². The first kappa shape index (κ1) is 12.7. The number of nitrogens with one attached hydrogen (secondary N) is 2. The summed E-state index contributed by atoms with van der Waals surface area (Å²) in [5.41, 5.74) is 2.21. The Balaban J connectivity index is 1.51. The Kier molecular flexibility index (Phi) is 3.83. The second kappa shape index (κ2) is 5.74. The van der Waals surface area contributed by atoms with Gasteiger partial charge in [0.25, 0.3) is 0 Å². The highest BCUT2D eigenvalue weighted by atomic mass is 16.1. The summed E-state index contributed by atoms with van der Waals surface area (Å²) in [4.78, 5) is 12.0. The van der Waals surface area contributed by atoms with Crippen LogP contribution in [0.15, 0.2) is 24.3 Å². The van der Waals surface area contributed by atoms with Crippen molar-refractivity contribution in [1.29, 1.82) is 0 Å². The zero-order valence-corrected chi connectivity index (χ0v) is 11.3. The Morgan fingerprint density at radius 3 is 2.37 bits per heavy atom. The fraction of sp³-hybridized carbons (Fsp3) is 0.562. The number of carbonyl (C=O) groups excluding carboxylic acids is 1. The first-order chi connectivity index (χ1) is 9.31. The van der Waals surface area contributed by atoms with Gasteiger partial charge in [0.2, 0.25) is 5.91 Å². The van der Waals surface area contributed by atoms with Crippen LogP contribution in [0, 0.1) is 5.92 Å². The zero-order chi connectivity index (χ0) is 13.1. The van der Waals surface area contributed by atoms with Gasteiger partial charge >= 0.3 is 0 Å². The highest BCUT2D eigenvalue weighted by molar-refractivity contribution is 5.92. The Bertz CT molecular complexity index is 431. The van der Waals surface area contributed by atoms with Crippen LogP contribution in [0.3, 0.4) is 0 Å². The van der Waals surface area contributed by atoms with Crippen LogP contribution < -0.4 is 10.6 Å². The van der Waals surface area contributed by atoms with Crippen molar-refractivity contribution in [3.05, 3.63) is 29.8 Å². The largest absolute Gasteiger partial charge is 0.326 e. The van der Waals surface area contributed by atoms with Crippen LogP contribution >= 0.6 is 0 Å². The van der Waals surface area contributed by atoms with Crippen LogP contribution in [-0.2, 0) is 11.3 Å². The third-order valence-electron chi connectivity index (χ3n) is 4.12. The number of rotatable bonds is 5. The summed E-state index contributed by atoms with van der Waals surface area (Å²) in [7, 11) is 0. The van der Waals surface area contributed by atoms with Crippen molar-refractivity contribution in [2.24, 2.45) is 5.92 Å². The van der Waals surface area contributed by atoms with E-state index in [9.17, 15) is 4.79 Å². The van der Waals surface area contributed by atoms with Gasteiger partial charge in [0, 0.05) is 24.2 Å². The summed E-state index contributed by atoms with van der Waals surface area (Å²) in [6, 6.07) is 8.95. The molecule has 2 saturated carbocycles. The average molecular weight is 258 g/mol. The minimum absolute atomic E-state index is 0.196. The van der Waals surface area contributed by atoms with E-state index < -0.39 is 0 Å². The molecule has 1 amide bonds. The molecule has 0 aliphatic heterocycles. The molecule has 2 N–H and O–H groups in total. The van der Waals surface area contributed by atoms with E-state index in [-0.39, 0.29) is 11.8 Å². The molecule has 3 nitrogen and oxygen atoms in total. The van der Waals surface area contributed by atoms with Crippen molar-refractivity contribution >= 4 is 11.6 Å². The molecular formula is C16H22N2O. The van der Waals surface area contributed by atoms with Gasteiger partial charge in [-0.25, -0.2) is 0 Å². The van der Waals surface area contributed by atoms with Crippen molar-refractivity contribution in [3.8, 4) is 0 Å². The maximum absolute atomic E-state index is 12.0. The third-order valence-corrected chi connectivity index (χ3v) is 4.12. The smallest absolute Gasteiger partial charge is 0.227 e. The summed E-state index contributed by atoms with van der Waals surface area (Å²) in [6.07, 6.45) is 7.13. The predicted molar refractivity (Wildman–Crippen MR) is 76.9 cm³/mol. The molecule has 0 unspecified atom stereocenters. The molecule has 102 valence electrons. The second-order valence-corrected chi connectivity index (χ2v) is 5.82. The molecule has 2 aliphatic carbocycles. The van der Waals surface area contributed by atoms with Gasteiger partial charge < -0.3 is 10.6 Å². The van der Waals surface area contributed by atoms with Gasteiger partial charge in [-0.05, 0) is 43.4 Å². The van der Waals surface area contributed by atoms with Crippen LogP contribution in [0.4, 0.5) is 5.69 Å². The van der Waals surface area contributed by atoms with Gasteiger partial charge in [-0.15, -0.1) is 0 Å². The monoisotopic (exact) mass is 258 g/mol. The van der Waals surface area contributed by atoms with Crippen LogP contribution in [0.2, 0.25) is 0 Å². The second-order valence-electron chi connectivity index (χ2n) is 5.82. The molecule has 0 bridgehead atoms. The summed E-state index contributed by atoms with van der Waals surface area (Å²) in [5.74, 6) is 0.428. The van der Waals surface area contributed by atoms with Gasteiger partial charge in [0.1, 0.15) is 0 Å². The van der Waals surface area contributed by atoms with Gasteiger partial charge in [-0.1, -0.05) is 25.0 Å². The molecule has 19 heavy (non-hydrogen) atoms.